The standard InChI is InChI=1S/C18H17ClN2/c19-18-9-13(11-20)5-6-16(18)12-21-17-8-7-14-3-1-2-4-15(14)10-17/h1-6,9,17,21H,7-8,10,12H2. The number of fused-ring (bicyclic) bond motifs is 1. The number of nitrogens with zero attached hydrogens (tertiary/aromatic N) is 1. The highest BCUT2D eigenvalue weighted by molar-refractivity contribution is 6.31. The minimum Gasteiger partial charge on any atom is -0.310 e. The molecule has 0 spiro atoms. The molecule has 0 aliphatic heterocycles. The van der Waals surface area contributed by atoms with Crippen molar-refractivity contribution >= 4 is 11.6 Å². The SMILES string of the molecule is N#Cc1ccc(CNC2CCc3ccccc3C2)c(Cl)c1. The quantitative estimate of drug-likeness (QED) is 0.933. The lowest BCUT2D eigenvalue weighted by molar-refractivity contribution is 0.458. The Morgan fingerprint density at radius 3 is 2.76 bits per heavy atom. The van der Waals surface area contributed by atoms with Crippen LogP contribution < -0.4 is 5.32 Å². The van der Waals surface area contributed by atoms with Crippen LogP contribution in [0.15, 0.2) is 42.5 Å². The van der Waals surface area contributed by atoms with Crippen LogP contribution in [0, 0.1) is 11.3 Å². The zero-order chi connectivity index (χ0) is 14.7. The van der Waals surface area contributed by atoms with Gasteiger partial charge < -0.3 is 5.32 Å². The number of halogens is 1. The van der Waals surface area contributed by atoms with Gasteiger partial charge in [-0.15, -0.1) is 0 Å². The highest BCUT2D eigenvalue weighted by Gasteiger charge is 2.17. The summed E-state index contributed by atoms with van der Waals surface area (Å²) in [6, 6.07) is 16.8. The molecule has 1 atom stereocenters. The van der Waals surface area contributed by atoms with E-state index in [0.29, 0.717) is 16.6 Å². The molecule has 0 radical (unpaired) electrons. The average molecular weight is 297 g/mol. The number of hydrogen-bond acceptors (Lipinski definition) is 2. The normalized spacial score (nSPS) is 17.0. The number of rotatable bonds is 3. The van der Waals surface area contributed by atoms with Gasteiger partial charge in [0.25, 0.3) is 0 Å². The molecule has 3 heteroatoms. The number of aryl methyl sites for hydroxylation is 1. The van der Waals surface area contributed by atoms with Gasteiger partial charge in [-0.05, 0) is 48.1 Å². The summed E-state index contributed by atoms with van der Waals surface area (Å²) < 4.78 is 0. The molecular weight excluding hydrogens is 280 g/mol. The molecule has 2 nitrogen and oxygen atoms in total. The molecule has 0 amide bonds. The van der Waals surface area contributed by atoms with Crippen molar-refractivity contribution in [3.05, 3.63) is 69.7 Å². The van der Waals surface area contributed by atoms with Crippen LogP contribution in [0.4, 0.5) is 0 Å². The van der Waals surface area contributed by atoms with Gasteiger partial charge in [0, 0.05) is 17.6 Å². The van der Waals surface area contributed by atoms with Gasteiger partial charge in [0.05, 0.1) is 11.6 Å². The smallest absolute Gasteiger partial charge is 0.0992 e. The highest BCUT2D eigenvalue weighted by atomic mass is 35.5. The monoisotopic (exact) mass is 296 g/mol. The van der Waals surface area contributed by atoms with Crippen LogP contribution in [0.25, 0.3) is 0 Å². The summed E-state index contributed by atoms with van der Waals surface area (Å²) in [5, 5.41) is 13.1. The lowest BCUT2D eigenvalue weighted by Crippen LogP contribution is -2.34. The van der Waals surface area contributed by atoms with Gasteiger partial charge in [-0.3, -0.25) is 0 Å². The molecular formula is C18H17ClN2. The van der Waals surface area contributed by atoms with E-state index in [9.17, 15) is 0 Å². The van der Waals surface area contributed by atoms with Crippen molar-refractivity contribution in [2.24, 2.45) is 0 Å². The van der Waals surface area contributed by atoms with Gasteiger partial charge in [-0.2, -0.15) is 5.26 Å². The summed E-state index contributed by atoms with van der Waals surface area (Å²) in [5.41, 5.74) is 4.59. The molecule has 0 aromatic heterocycles. The summed E-state index contributed by atoms with van der Waals surface area (Å²) >= 11 is 6.22. The fourth-order valence-corrected chi connectivity index (χ4v) is 3.13. The maximum Gasteiger partial charge on any atom is 0.0992 e. The third-order valence-corrected chi connectivity index (χ3v) is 4.46. The first-order valence-corrected chi connectivity index (χ1v) is 7.63. The highest BCUT2D eigenvalue weighted by Crippen LogP contribution is 2.22. The van der Waals surface area contributed by atoms with Crippen molar-refractivity contribution in [3.63, 3.8) is 0 Å². The molecule has 1 aliphatic carbocycles. The van der Waals surface area contributed by atoms with Crippen LogP contribution in [-0.4, -0.2) is 6.04 Å². The largest absolute Gasteiger partial charge is 0.310 e. The maximum absolute atomic E-state index is 8.86. The minimum absolute atomic E-state index is 0.492. The molecule has 2 aromatic carbocycles. The van der Waals surface area contributed by atoms with Gasteiger partial charge in [0.1, 0.15) is 0 Å². The fraction of sp³-hybridized carbons (Fsp3) is 0.278. The van der Waals surface area contributed by atoms with Gasteiger partial charge in [0.15, 0.2) is 0 Å². The Bertz CT molecular complexity index is 688. The first kappa shape index (κ1) is 14.1. The number of benzene rings is 2. The minimum atomic E-state index is 0.492. The number of hydrogen-bond donors (Lipinski definition) is 1. The molecule has 2 aromatic rings. The zero-order valence-corrected chi connectivity index (χ0v) is 12.5. The molecule has 3 rings (SSSR count). The van der Waals surface area contributed by atoms with Crippen LogP contribution in [0.5, 0.6) is 0 Å². The summed E-state index contributed by atoms with van der Waals surface area (Å²) in [7, 11) is 0. The van der Waals surface area contributed by atoms with Crippen molar-refractivity contribution < 1.29 is 0 Å². The van der Waals surface area contributed by atoms with E-state index in [2.05, 4.69) is 35.7 Å². The Labute approximate surface area is 130 Å². The fourth-order valence-electron chi connectivity index (χ4n) is 2.89. The predicted molar refractivity (Wildman–Crippen MR) is 85.3 cm³/mol. The molecule has 0 bridgehead atoms. The van der Waals surface area contributed by atoms with Crippen LogP contribution in [-0.2, 0) is 19.4 Å². The number of nitrogens with one attached hydrogen (secondary N) is 1. The molecule has 0 heterocycles. The summed E-state index contributed by atoms with van der Waals surface area (Å²) in [5.74, 6) is 0. The molecule has 1 aliphatic rings. The van der Waals surface area contributed by atoms with Gasteiger partial charge in [-0.1, -0.05) is 41.9 Å². The topological polar surface area (TPSA) is 35.8 Å². The van der Waals surface area contributed by atoms with E-state index >= 15 is 0 Å². The predicted octanol–water partition coefficient (Wildman–Crippen LogP) is 3.86. The number of nitriles is 1. The Kier molecular flexibility index (Phi) is 4.24. The molecule has 21 heavy (non-hydrogen) atoms. The zero-order valence-electron chi connectivity index (χ0n) is 11.8. The molecule has 0 saturated heterocycles. The lowest BCUT2D eigenvalue weighted by Gasteiger charge is -2.25. The van der Waals surface area contributed by atoms with E-state index < -0.39 is 0 Å². The van der Waals surface area contributed by atoms with Crippen LogP contribution >= 0.6 is 11.6 Å². The van der Waals surface area contributed by atoms with Crippen molar-refractivity contribution in [1.29, 1.82) is 5.26 Å². The van der Waals surface area contributed by atoms with Gasteiger partial charge >= 0.3 is 0 Å². The molecule has 0 saturated carbocycles. The third kappa shape index (κ3) is 3.26. The van der Waals surface area contributed by atoms with E-state index in [-0.39, 0.29) is 0 Å². The molecule has 1 unspecified atom stereocenters. The van der Waals surface area contributed by atoms with Crippen LogP contribution in [0.2, 0.25) is 5.02 Å². The summed E-state index contributed by atoms with van der Waals surface area (Å²) in [6.07, 6.45) is 3.37. The van der Waals surface area contributed by atoms with E-state index in [0.717, 1.165) is 31.4 Å². The second-order valence-electron chi connectivity index (χ2n) is 5.51. The first-order valence-electron chi connectivity index (χ1n) is 7.25. The van der Waals surface area contributed by atoms with Crippen molar-refractivity contribution in [3.8, 4) is 6.07 Å². The van der Waals surface area contributed by atoms with E-state index in [1.807, 2.05) is 12.1 Å². The molecule has 0 fully saturated rings. The van der Waals surface area contributed by atoms with Crippen molar-refractivity contribution in [1.82, 2.24) is 5.32 Å². The summed E-state index contributed by atoms with van der Waals surface area (Å²) in [4.78, 5) is 0. The first-order chi connectivity index (χ1) is 10.3. The van der Waals surface area contributed by atoms with E-state index in [1.165, 1.54) is 11.1 Å². The second kappa shape index (κ2) is 6.30. The van der Waals surface area contributed by atoms with E-state index in [1.54, 1.807) is 6.07 Å². The average Bonchev–Trinajstić information content (AvgIpc) is 2.53. The van der Waals surface area contributed by atoms with Crippen molar-refractivity contribution in [2.45, 2.75) is 31.8 Å². The van der Waals surface area contributed by atoms with Crippen LogP contribution in [0.3, 0.4) is 0 Å². The lowest BCUT2D eigenvalue weighted by atomic mass is 9.88. The van der Waals surface area contributed by atoms with Crippen LogP contribution in [0.1, 0.15) is 28.7 Å². The molecule has 1 N–H and O–H groups in total. The Morgan fingerprint density at radius 2 is 2.00 bits per heavy atom. The van der Waals surface area contributed by atoms with Crippen molar-refractivity contribution in [2.75, 3.05) is 0 Å². The van der Waals surface area contributed by atoms with Gasteiger partial charge in [0.2, 0.25) is 0 Å². The van der Waals surface area contributed by atoms with E-state index in [4.69, 9.17) is 16.9 Å². The Balaban J connectivity index is 1.63. The third-order valence-electron chi connectivity index (χ3n) is 4.11. The molecule has 106 valence electrons. The Morgan fingerprint density at radius 1 is 1.19 bits per heavy atom. The van der Waals surface area contributed by atoms with Gasteiger partial charge in [-0.25, -0.2) is 0 Å². The Hall–Kier alpha value is -1.82. The second-order valence-corrected chi connectivity index (χ2v) is 5.91. The maximum atomic E-state index is 8.86. The summed E-state index contributed by atoms with van der Waals surface area (Å²) in [6.45, 7) is 0.747.